The number of nitrogens with one attached hydrogen (secondary N) is 1. The Morgan fingerprint density at radius 1 is 1.00 bits per heavy atom. The summed E-state index contributed by atoms with van der Waals surface area (Å²) in [4.78, 5) is 13.8. The van der Waals surface area contributed by atoms with Crippen LogP contribution in [0.25, 0.3) is 0 Å². The van der Waals surface area contributed by atoms with Gasteiger partial charge in [0.15, 0.2) is 12.1 Å². The molecule has 1 spiro atoms. The van der Waals surface area contributed by atoms with E-state index in [0.29, 0.717) is 13.2 Å². The number of nitrogens with zero attached hydrogens (tertiary/aromatic N) is 1. The molecule has 4 atom stereocenters. The van der Waals surface area contributed by atoms with Crippen LogP contribution in [0.3, 0.4) is 0 Å². The Morgan fingerprint density at radius 3 is 2.25 bits per heavy atom. The number of likely N-dealkylation sites (tertiary alicyclic amines) is 1. The number of amides is 1. The number of carbonyl (C=O) groups is 1. The number of piperidine rings is 1. The lowest BCUT2D eigenvalue weighted by Crippen LogP contribution is -2.50. The highest BCUT2D eigenvalue weighted by molar-refractivity contribution is 5.88. The number of aliphatic hydroxyl groups is 1. The standard InChI is InChI=1S/C28H36N2O6/c1-19-25(17-30-13-11-28(12-14-30)33-15-16-34-28)35-27(23-7-9-24(10-8-23)29-20(2)32)36-26(19)22-5-3-21(18-31)4-6-22/h3-10,19,25-27,31H,11-18H2,1-2H3,(H,29,32)/t19-,25+,26+,27+/m1/s1. The molecule has 3 saturated heterocycles. The minimum absolute atomic E-state index is 0.0141. The highest BCUT2D eigenvalue weighted by atomic mass is 16.7. The highest BCUT2D eigenvalue weighted by Crippen LogP contribution is 2.42. The Kier molecular flexibility index (Phi) is 7.71. The minimum Gasteiger partial charge on any atom is -0.392 e. The van der Waals surface area contributed by atoms with Gasteiger partial charge in [-0.2, -0.15) is 0 Å². The van der Waals surface area contributed by atoms with Crippen LogP contribution in [0.2, 0.25) is 0 Å². The molecule has 2 N–H and O–H groups in total. The van der Waals surface area contributed by atoms with E-state index in [4.69, 9.17) is 18.9 Å². The maximum Gasteiger partial charge on any atom is 0.221 e. The van der Waals surface area contributed by atoms with Crippen molar-refractivity contribution in [1.29, 1.82) is 0 Å². The zero-order chi connectivity index (χ0) is 25.1. The summed E-state index contributed by atoms with van der Waals surface area (Å²) in [6.45, 7) is 7.65. The van der Waals surface area contributed by atoms with Crippen molar-refractivity contribution >= 4 is 11.6 Å². The van der Waals surface area contributed by atoms with Crippen LogP contribution >= 0.6 is 0 Å². The van der Waals surface area contributed by atoms with Crippen molar-refractivity contribution in [1.82, 2.24) is 4.90 Å². The van der Waals surface area contributed by atoms with Gasteiger partial charge < -0.3 is 34.3 Å². The van der Waals surface area contributed by atoms with E-state index in [9.17, 15) is 9.90 Å². The Balaban J connectivity index is 1.33. The molecule has 2 aromatic carbocycles. The molecule has 3 aliphatic heterocycles. The molecule has 1 amide bonds. The quantitative estimate of drug-likeness (QED) is 0.629. The SMILES string of the molecule is CC(=O)Nc1ccc([C@H]2O[C@@H](CN3CCC4(CC3)OCCO4)[C@@H](C)[C@@H](c3ccc(CO)cc3)O2)cc1. The predicted octanol–water partition coefficient (Wildman–Crippen LogP) is 3.77. The van der Waals surface area contributed by atoms with Crippen molar-refractivity contribution in [3.05, 3.63) is 65.2 Å². The molecule has 0 unspecified atom stereocenters. The Hall–Kier alpha value is -2.33. The number of benzene rings is 2. The second-order valence-electron chi connectivity index (χ2n) is 10.0. The zero-order valence-corrected chi connectivity index (χ0v) is 21.0. The van der Waals surface area contributed by atoms with Crippen LogP contribution in [0.5, 0.6) is 0 Å². The molecule has 0 bridgehead atoms. The summed E-state index contributed by atoms with van der Waals surface area (Å²) in [5, 5.41) is 12.3. The first-order valence-electron chi connectivity index (χ1n) is 12.8. The average molecular weight is 497 g/mol. The lowest BCUT2D eigenvalue weighted by atomic mass is 9.89. The maximum absolute atomic E-state index is 11.4. The van der Waals surface area contributed by atoms with Gasteiger partial charge in [0.1, 0.15) is 0 Å². The second-order valence-corrected chi connectivity index (χ2v) is 10.0. The molecule has 0 aliphatic carbocycles. The summed E-state index contributed by atoms with van der Waals surface area (Å²) >= 11 is 0. The number of aliphatic hydroxyl groups excluding tert-OH is 1. The van der Waals surface area contributed by atoms with Gasteiger partial charge in [-0.05, 0) is 23.3 Å². The van der Waals surface area contributed by atoms with E-state index in [1.165, 1.54) is 6.92 Å². The molecule has 2 aromatic rings. The van der Waals surface area contributed by atoms with Gasteiger partial charge in [0.25, 0.3) is 0 Å². The molecule has 0 aromatic heterocycles. The van der Waals surface area contributed by atoms with Crippen molar-refractivity contribution in [2.24, 2.45) is 5.92 Å². The van der Waals surface area contributed by atoms with E-state index in [-0.39, 0.29) is 30.6 Å². The van der Waals surface area contributed by atoms with E-state index < -0.39 is 12.1 Å². The number of rotatable bonds is 6. The van der Waals surface area contributed by atoms with Gasteiger partial charge in [-0.25, -0.2) is 0 Å². The van der Waals surface area contributed by atoms with E-state index in [0.717, 1.165) is 54.9 Å². The third-order valence-corrected chi connectivity index (χ3v) is 7.50. The highest BCUT2D eigenvalue weighted by Gasteiger charge is 2.43. The molecule has 8 heteroatoms. The summed E-state index contributed by atoms with van der Waals surface area (Å²) in [6, 6.07) is 15.6. The molecule has 36 heavy (non-hydrogen) atoms. The lowest BCUT2D eigenvalue weighted by molar-refractivity contribution is -0.278. The number of hydrogen-bond acceptors (Lipinski definition) is 7. The van der Waals surface area contributed by atoms with Crippen molar-refractivity contribution in [2.45, 2.75) is 57.6 Å². The van der Waals surface area contributed by atoms with Gasteiger partial charge >= 0.3 is 0 Å². The maximum atomic E-state index is 11.4. The van der Waals surface area contributed by atoms with Crippen LogP contribution in [-0.2, 0) is 30.3 Å². The van der Waals surface area contributed by atoms with Crippen molar-refractivity contribution in [3.8, 4) is 0 Å². The number of hydrogen-bond donors (Lipinski definition) is 2. The smallest absolute Gasteiger partial charge is 0.221 e. The van der Waals surface area contributed by atoms with E-state index in [2.05, 4.69) is 17.1 Å². The van der Waals surface area contributed by atoms with Crippen molar-refractivity contribution in [3.63, 3.8) is 0 Å². The molecule has 8 nitrogen and oxygen atoms in total. The Morgan fingerprint density at radius 2 is 1.64 bits per heavy atom. The molecule has 194 valence electrons. The van der Waals surface area contributed by atoms with Crippen LogP contribution < -0.4 is 5.32 Å². The molecular weight excluding hydrogens is 460 g/mol. The van der Waals surface area contributed by atoms with Crippen molar-refractivity contribution in [2.75, 3.05) is 38.2 Å². The molecule has 3 fully saturated rings. The summed E-state index contributed by atoms with van der Waals surface area (Å²) in [6.07, 6.45) is 1.00. The first-order valence-corrected chi connectivity index (χ1v) is 12.8. The van der Waals surface area contributed by atoms with Crippen molar-refractivity contribution < 1.29 is 28.8 Å². The van der Waals surface area contributed by atoms with Crippen LogP contribution in [-0.4, -0.2) is 60.7 Å². The van der Waals surface area contributed by atoms with Crippen LogP contribution in [0.4, 0.5) is 5.69 Å². The number of carbonyl (C=O) groups excluding carboxylic acids is 1. The molecular formula is C28H36N2O6. The zero-order valence-electron chi connectivity index (χ0n) is 21.0. The normalized spacial score (nSPS) is 28.3. The fourth-order valence-electron chi connectivity index (χ4n) is 5.37. The average Bonchev–Trinajstić information content (AvgIpc) is 3.35. The van der Waals surface area contributed by atoms with Gasteiger partial charge in [-0.1, -0.05) is 43.3 Å². The van der Waals surface area contributed by atoms with E-state index in [1.54, 1.807) is 0 Å². The third kappa shape index (κ3) is 5.64. The van der Waals surface area contributed by atoms with Gasteiger partial charge in [0, 0.05) is 56.6 Å². The van der Waals surface area contributed by atoms with Gasteiger partial charge in [-0.3, -0.25) is 4.79 Å². The van der Waals surface area contributed by atoms with E-state index >= 15 is 0 Å². The number of ether oxygens (including phenoxy) is 4. The van der Waals surface area contributed by atoms with E-state index in [1.807, 2.05) is 48.5 Å². The molecule has 0 radical (unpaired) electrons. The minimum atomic E-state index is -0.530. The predicted molar refractivity (Wildman–Crippen MR) is 134 cm³/mol. The summed E-state index contributed by atoms with van der Waals surface area (Å²) < 4.78 is 24.9. The Labute approximate surface area is 212 Å². The lowest BCUT2D eigenvalue weighted by Gasteiger charge is -2.44. The molecule has 5 rings (SSSR count). The van der Waals surface area contributed by atoms with Gasteiger partial charge in [-0.15, -0.1) is 0 Å². The summed E-state index contributed by atoms with van der Waals surface area (Å²) in [5.41, 5.74) is 3.59. The first kappa shape index (κ1) is 25.3. The topological polar surface area (TPSA) is 89.5 Å². The number of anilines is 1. The fourth-order valence-corrected chi connectivity index (χ4v) is 5.37. The van der Waals surface area contributed by atoms with Crippen LogP contribution in [0.15, 0.2) is 48.5 Å². The first-order chi connectivity index (χ1) is 17.4. The van der Waals surface area contributed by atoms with Gasteiger partial charge in [0.2, 0.25) is 5.91 Å². The van der Waals surface area contributed by atoms with Crippen LogP contribution in [0, 0.1) is 5.92 Å². The second kappa shape index (κ2) is 11.0. The van der Waals surface area contributed by atoms with Gasteiger partial charge in [0.05, 0.1) is 32.0 Å². The monoisotopic (exact) mass is 496 g/mol. The summed E-state index contributed by atoms with van der Waals surface area (Å²) in [7, 11) is 0. The van der Waals surface area contributed by atoms with Crippen LogP contribution in [0.1, 0.15) is 55.8 Å². The molecule has 0 saturated carbocycles. The third-order valence-electron chi connectivity index (χ3n) is 7.50. The molecule has 3 heterocycles. The molecule has 3 aliphatic rings. The summed E-state index contributed by atoms with van der Waals surface area (Å²) in [5.74, 6) is -0.381. The largest absolute Gasteiger partial charge is 0.392 e. The fraction of sp³-hybridized carbons (Fsp3) is 0.536. The Bertz CT molecular complexity index is 1010.